The first-order valence-electron chi connectivity index (χ1n) is 10.6. The third-order valence-electron chi connectivity index (χ3n) is 6.96. The third-order valence-corrected chi connectivity index (χ3v) is 6.96. The van der Waals surface area contributed by atoms with E-state index in [4.69, 9.17) is 4.74 Å². The minimum atomic E-state index is -0.0387. The first-order chi connectivity index (χ1) is 14.2. The van der Waals surface area contributed by atoms with Gasteiger partial charge in [0.2, 0.25) is 5.91 Å². The molecule has 5 nitrogen and oxygen atoms in total. The highest BCUT2D eigenvalue weighted by atomic mass is 16.5. The van der Waals surface area contributed by atoms with Gasteiger partial charge in [-0.15, -0.1) is 0 Å². The summed E-state index contributed by atoms with van der Waals surface area (Å²) < 4.78 is 5.31. The summed E-state index contributed by atoms with van der Waals surface area (Å²) in [6.45, 7) is 6.47. The van der Waals surface area contributed by atoms with E-state index in [1.807, 2.05) is 24.3 Å². The molecule has 4 saturated heterocycles. The maximum atomic E-state index is 13.1. The summed E-state index contributed by atoms with van der Waals surface area (Å²) in [7, 11) is 1.66. The van der Waals surface area contributed by atoms with Crippen LogP contribution in [0, 0.1) is 5.92 Å². The molecule has 5 heteroatoms. The summed E-state index contributed by atoms with van der Waals surface area (Å²) in [6, 6.07) is 18.8. The second-order valence-corrected chi connectivity index (χ2v) is 8.83. The quantitative estimate of drug-likeness (QED) is 0.846. The van der Waals surface area contributed by atoms with Crippen LogP contribution in [0.2, 0.25) is 0 Å². The number of benzene rings is 2. The number of nitrogens with zero attached hydrogens (tertiary/aromatic N) is 2. The van der Waals surface area contributed by atoms with E-state index in [2.05, 4.69) is 45.4 Å². The number of hydrogen-bond donors (Lipinski definition) is 1. The Morgan fingerprint density at radius 3 is 2.48 bits per heavy atom. The van der Waals surface area contributed by atoms with Gasteiger partial charge in [0.25, 0.3) is 0 Å². The van der Waals surface area contributed by atoms with Gasteiger partial charge in [-0.3, -0.25) is 4.79 Å². The van der Waals surface area contributed by atoms with Crippen LogP contribution in [0.15, 0.2) is 54.6 Å². The number of rotatable bonds is 5. The van der Waals surface area contributed by atoms with Gasteiger partial charge in [0.1, 0.15) is 5.75 Å². The van der Waals surface area contributed by atoms with Crippen molar-refractivity contribution in [3.8, 4) is 5.75 Å². The molecule has 29 heavy (non-hydrogen) atoms. The fourth-order valence-electron chi connectivity index (χ4n) is 5.76. The molecule has 0 spiro atoms. The van der Waals surface area contributed by atoms with Gasteiger partial charge in [0.05, 0.1) is 13.5 Å². The Morgan fingerprint density at radius 2 is 1.79 bits per heavy atom. The first kappa shape index (κ1) is 18.6. The van der Waals surface area contributed by atoms with Crippen LogP contribution in [0.25, 0.3) is 0 Å². The molecular formula is C24H29N3O2. The Morgan fingerprint density at radius 1 is 1.07 bits per heavy atom. The molecule has 2 aromatic carbocycles. The van der Waals surface area contributed by atoms with Gasteiger partial charge < -0.3 is 19.9 Å². The molecule has 4 aliphatic heterocycles. The Hall–Kier alpha value is -2.37. The number of nitrogens with one attached hydrogen (secondary N) is 1. The van der Waals surface area contributed by atoms with Crippen molar-refractivity contribution < 1.29 is 9.53 Å². The van der Waals surface area contributed by atoms with Crippen LogP contribution in [0.1, 0.15) is 11.1 Å². The number of carbonyl (C=O) groups excluding carboxylic acids is 1. The molecule has 6 rings (SSSR count). The fourth-order valence-corrected chi connectivity index (χ4v) is 5.76. The molecular weight excluding hydrogens is 362 g/mol. The Labute approximate surface area is 172 Å². The Bertz CT molecular complexity index is 869. The van der Waals surface area contributed by atoms with Crippen molar-refractivity contribution in [3.63, 3.8) is 0 Å². The summed E-state index contributed by atoms with van der Waals surface area (Å²) in [5, 5.41) is 3.48. The largest absolute Gasteiger partial charge is 0.497 e. The second kappa shape index (κ2) is 7.47. The molecule has 4 aliphatic rings. The average molecular weight is 392 g/mol. The number of fused-ring (bicyclic) bond motifs is 1. The molecule has 4 fully saturated rings. The lowest BCUT2D eigenvalue weighted by atomic mass is 9.64. The van der Waals surface area contributed by atoms with Gasteiger partial charge in [-0.05, 0) is 23.3 Å². The number of hydrogen-bond acceptors (Lipinski definition) is 4. The first-order valence-corrected chi connectivity index (χ1v) is 10.6. The zero-order chi connectivity index (χ0) is 19.8. The Kier molecular flexibility index (Phi) is 4.80. The zero-order valence-electron chi connectivity index (χ0n) is 17.0. The van der Waals surface area contributed by atoms with E-state index in [0.717, 1.165) is 50.6 Å². The molecule has 0 radical (unpaired) electrons. The van der Waals surface area contributed by atoms with Crippen molar-refractivity contribution >= 4 is 5.91 Å². The van der Waals surface area contributed by atoms with Crippen LogP contribution in [-0.2, 0) is 16.6 Å². The molecule has 4 heterocycles. The molecule has 0 saturated carbocycles. The highest BCUT2D eigenvalue weighted by molar-refractivity contribution is 5.79. The van der Waals surface area contributed by atoms with E-state index in [1.54, 1.807) is 7.11 Å². The van der Waals surface area contributed by atoms with E-state index in [0.29, 0.717) is 12.3 Å². The van der Waals surface area contributed by atoms with Crippen molar-refractivity contribution in [3.05, 3.63) is 65.7 Å². The van der Waals surface area contributed by atoms with Gasteiger partial charge >= 0.3 is 0 Å². The maximum Gasteiger partial charge on any atom is 0.224 e. The summed E-state index contributed by atoms with van der Waals surface area (Å²) in [6.07, 6.45) is 0.388. The second-order valence-electron chi connectivity index (χ2n) is 8.83. The van der Waals surface area contributed by atoms with Crippen molar-refractivity contribution in [2.75, 3.05) is 46.4 Å². The minimum Gasteiger partial charge on any atom is -0.497 e. The van der Waals surface area contributed by atoms with E-state index < -0.39 is 0 Å². The van der Waals surface area contributed by atoms with E-state index in [1.165, 1.54) is 5.56 Å². The number of amides is 1. The standard InChI is InChI=1S/C24H29N3O2/c1-29-21-9-5-6-18(12-21)13-22(28)25-23-19-14-26-10-11-27(15-19)17-24(23,16-26)20-7-3-2-4-8-20/h2-9,12,19,23H,10-11,13-17H2,1H3,(H,25,28)/t19?,23-,24?/m1/s1. The number of piperidine rings is 2. The molecule has 2 unspecified atom stereocenters. The fraction of sp³-hybridized carbons (Fsp3) is 0.458. The van der Waals surface area contributed by atoms with Crippen LogP contribution < -0.4 is 10.1 Å². The molecule has 1 N–H and O–H groups in total. The third kappa shape index (κ3) is 3.43. The Balaban J connectivity index is 1.42. The van der Waals surface area contributed by atoms with Crippen molar-refractivity contribution in [2.45, 2.75) is 17.9 Å². The van der Waals surface area contributed by atoms with Crippen LogP contribution in [0.5, 0.6) is 5.75 Å². The highest BCUT2D eigenvalue weighted by Crippen LogP contribution is 2.43. The monoisotopic (exact) mass is 391 g/mol. The number of carbonyl (C=O) groups is 1. The molecule has 4 bridgehead atoms. The van der Waals surface area contributed by atoms with Gasteiger partial charge in [-0.25, -0.2) is 0 Å². The van der Waals surface area contributed by atoms with Crippen LogP contribution in [0.4, 0.5) is 0 Å². The van der Waals surface area contributed by atoms with Gasteiger partial charge in [-0.1, -0.05) is 42.5 Å². The topological polar surface area (TPSA) is 44.8 Å². The lowest BCUT2D eigenvalue weighted by Crippen LogP contribution is -2.70. The summed E-state index contributed by atoms with van der Waals surface area (Å²) >= 11 is 0. The molecule has 152 valence electrons. The molecule has 1 amide bonds. The molecule has 3 atom stereocenters. The molecule has 0 aliphatic carbocycles. The summed E-state index contributed by atoms with van der Waals surface area (Å²) in [5.41, 5.74) is 2.31. The average Bonchev–Trinajstić information content (AvgIpc) is 2.99. The van der Waals surface area contributed by atoms with Gasteiger partial charge in [0.15, 0.2) is 0 Å². The maximum absolute atomic E-state index is 13.1. The van der Waals surface area contributed by atoms with E-state index >= 15 is 0 Å². The SMILES string of the molecule is COc1cccc(CC(=O)N[C@@H]2C3CN4CCN(C3)CC2(c2ccccc2)C4)c1. The lowest BCUT2D eigenvalue weighted by molar-refractivity contribution is -0.123. The molecule has 2 aromatic rings. The summed E-state index contributed by atoms with van der Waals surface area (Å²) in [4.78, 5) is 18.3. The minimum absolute atomic E-state index is 0.0387. The normalized spacial score (nSPS) is 32.6. The van der Waals surface area contributed by atoms with Crippen LogP contribution in [0.3, 0.4) is 0 Å². The highest BCUT2D eigenvalue weighted by Gasteiger charge is 2.55. The van der Waals surface area contributed by atoms with Gasteiger partial charge in [0, 0.05) is 56.6 Å². The van der Waals surface area contributed by atoms with Crippen LogP contribution in [-0.4, -0.2) is 68.1 Å². The zero-order valence-corrected chi connectivity index (χ0v) is 17.0. The van der Waals surface area contributed by atoms with Crippen molar-refractivity contribution in [1.29, 1.82) is 0 Å². The van der Waals surface area contributed by atoms with E-state index in [9.17, 15) is 4.79 Å². The number of methoxy groups -OCH3 is 1. The predicted molar refractivity (Wildman–Crippen MR) is 113 cm³/mol. The smallest absolute Gasteiger partial charge is 0.224 e. The van der Waals surface area contributed by atoms with Crippen molar-refractivity contribution in [1.82, 2.24) is 15.1 Å². The van der Waals surface area contributed by atoms with E-state index in [-0.39, 0.29) is 17.4 Å². The van der Waals surface area contributed by atoms with Gasteiger partial charge in [-0.2, -0.15) is 0 Å². The van der Waals surface area contributed by atoms with Crippen molar-refractivity contribution in [2.24, 2.45) is 5.92 Å². The summed E-state index contributed by atoms with van der Waals surface area (Å²) in [5.74, 6) is 1.37. The lowest BCUT2D eigenvalue weighted by Gasteiger charge is -2.55. The predicted octanol–water partition coefficient (Wildman–Crippen LogP) is 1.92. The number of ether oxygens (including phenoxy) is 1. The van der Waals surface area contributed by atoms with Crippen LogP contribution >= 0.6 is 0 Å². The molecule has 0 aromatic heterocycles.